The molecule has 0 aliphatic carbocycles. The number of nitrogens with one attached hydrogen (secondary N) is 1. The highest BCUT2D eigenvalue weighted by Gasteiger charge is 2.05. The van der Waals surface area contributed by atoms with Crippen molar-refractivity contribution in [3.05, 3.63) is 52.7 Å². The number of hydrogen-bond donors (Lipinski definition) is 1. The van der Waals surface area contributed by atoms with Gasteiger partial charge in [-0.15, -0.1) is 0 Å². The van der Waals surface area contributed by atoms with Crippen LogP contribution in [0.4, 0.5) is 0 Å². The van der Waals surface area contributed by atoms with E-state index < -0.39 is 0 Å². The molecule has 0 atom stereocenters. The third kappa shape index (κ3) is 4.57. The maximum Gasteiger partial charge on any atom is 0.219 e. The standard InChI is InChI=1S/C18H24N2O/c1-12(2)19-11-16-9-15(5)20-18(10-16)21-17-7-6-13(3)14(4)8-17/h6-10,12,19H,11H2,1-5H3. The number of aromatic nitrogens is 1. The number of benzene rings is 1. The molecule has 3 nitrogen and oxygen atoms in total. The van der Waals surface area contributed by atoms with Crippen molar-refractivity contribution in [1.29, 1.82) is 0 Å². The molecular weight excluding hydrogens is 260 g/mol. The fourth-order valence-electron chi connectivity index (χ4n) is 2.08. The second-order valence-corrected chi connectivity index (χ2v) is 5.84. The van der Waals surface area contributed by atoms with E-state index in [1.807, 2.05) is 25.1 Å². The third-order valence-corrected chi connectivity index (χ3v) is 3.40. The summed E-state index contributed by atoms with van der Waals surface area (Å²) in [6.45, 7) is 11.3. The van der Waals surface area contributed by atoms with Crippen LogP contribution in [0.15, 0.2) is 30.3 Å². The zero-order valence-corrected chi connectivity index (χ0v) is 13.5. The highest BCUT2D eigenvalue weighted by atomic mass is 16.5. The van der Waals surface area contributed by atoms with Crippen molar-refractivity contribution in [2.75, 3.05) is 0 Å². The summed E-state index contributed by atoms with van der Waals surface area (Å²) < 4.78 is 5.90. The van der Waals surface area contributed by atoms with Crippen LogP contribution in [0.25, 0.3) is 0 Å². The molecule has 0 amide bonds. The molecular formula is C18H24N2O. The first-order valence-corrected chi connectivity index (χ1v) is 7.40. The van der Waals surface area contributed by atoms with Gasteiger partial charge in [0.15, 0.2) is 0 Å². The predicted molar refractivity (Wildman–Crippen MR) is 86.9 cm³/mol. The Morgan fingerprint density at radius 2 is 1.81 bits per heavy atom. The monoisotopic (exact) mass is 284 g/mol. The molecule has 21 heavy (non-hydrogen) atoms. The lowest BCUT2D eigenvalue weighted by Gasteiger charge is -2.11. The molecule has 1 aromatic carbocycles. The van der Waals surface area contributed by atoms with E-state index in [0.717, 1.165) is 18.0 Å². The van der Waals surface area contributed by atoms with E-state index in [4.69, 9.17) is 4.74 Å². The average Bonchev–Trinajstić information content (AvgIpc) is 2.40. The van der Waals surface area contributed by atoms with Gasteiger partial charge in [-0.05, 0) is 55.7 Å². The average molecular weight is 284 g/mol. The zero-order valence-electron chi connectivity index (χ0n) is 13.5. The Hall–Kier alpha value is -1.87. The zero-order chi connectivity index (χ0) is 15.4. The van der Waals surface area contributed by atoms with Gasteiger partial charge in [-0.25, -0.2) is 4.98 Å². The van der Waals surface area contributed by atoms with Crippen LogP contribution in [-0.4, -0.2) is 11.0 Å². The van der Waals surface area contributed by atoms with Crippen molar-refractivity contribution in [2.24, 2.45) is 0 Å². The van der Waals surface area contributed by atoms with Crippen molar-refractivity contribution >= 4 is 0 Å². The molecule has 0 radical (unpaired) electrons. The lowest BCUT2D eigenvalue weighted by atomic mass is 10.1. The Bertz CT molecular complexity index is 621. The summed E-state index contributed by atoms with van der Waals surface area (Å²) in [5.74, 6) is 1.48. The van der Waals surface area contributed by atoms with E-state index >= 15 is 0 Å². The molecule has 2 rings (SSSR count). The highest BCUT2D eigenvalue weighted by Crippen LogP contribution is 2.23. The molecule has 0 aliphatic rings. The second kappa shape index (κ2) is 6.72. The molecule has 0 saturated heterocycles. The maximum atomic E-state index is 5.90. The van der Waals surface area contributed by atoms with E-state index in [0.29, 0.717) is 11.9 Å². The maximum absolute atomic E-state index is 5.90. The first-order valence-electron chi connectivity index (χ1n) is 7.40. The van der Waals surface area contributed by atoms with Gasteiger partial charge in [0.2, 0.25) is 5.88 Å². The molecule has 0 spiro atoms. The van der Waals surface area contributed by atoms with Crippen LogP contribution < -0.4 is 10.1 Å². The normalized spacial score (nSPS) is 11.0. The predicted octanol–water partition coefficient (Wildman–Crippen LogP) is 4.30. The number of aryl methyl sites for hydroxylation is 3. The van der Waals surface area contributed by atoms with Gasteiger partial charge in [-0.2, -0.15) is 0 Å². The molecule has 0 fully saturated rings. The van der Waals surface area contributed by atoms with Gasteiger partial charge in [-0.1, -0.05) is 19.9 Å². The van der Waals surface area contributed by atoms with Gasteiger partial charge in [0.1, 0.15) is 5.75 Å². The second-order valence-electron chi connectivity index (χ2n) is 5.84. The summed E-state index contributed by atoms with van der Waals surface area (Å²) >= 11 is 0. The number of ether oxygens (including phenoxy) is 1. The van der Waals surface area contributed by atoms with E-state index in [-0.39, 0.29) is 0 Å². The molecule has 112 valence electrons. The topological polar surface area (TPSA) is 34.1 Å². The van der Waals surface area contributed by atoms with Crippen molar-refractivity contribution in [1.82, 2.24) is 10.3 Å². The van der Waals surface area contributed by atoms with Gasteiger partial charge < -0.3 is 10.1 Å². The van der Waals surface area contributed by atoms with Gasteiger partial charge in [0.25, 0.3) is 0 Å². The largest absolute Gasteiger partial charge is 0.439 e. The summed E-state index contributed by atoms with van der Waals surface area (Å²) in [7, 11) is 0. The first-order chi connectivity index (χ1) is 9.94. The van der Waals surface area contributed by atoms with E-state index in [1.54, 1.807) is 0 Å². The van der Waals surface area contributed by atoms with Crippen molar-refractivity contribution < 1.29 is 4.74 Å². The van der Waals surface area contributed by atoms with Crippen molar-refractivity contribution in [2.45, 2.75) is 47.2 Å². The van der Waals surface area contributed by atoms with E-state index in [9.17, 15) is 0 Å². The van der Waals surface area contributed by atoms with Crippen LogP contribution in [0, 0.1) is 20.8 Å². The van der Waals surface area contributed by atoms with Crippen LogP contribution >= 0.6 is 0 Å². The Kier molecular flexibility index (Phi) is 4.97. The summed E-state index contributed by atoms with van der Waals surface area (Å²) in [6.07, 6.45) is 0. The molecule has 3 heteroatoms. The molecule has 0 bridgehead atoms. The minimum atomic E-state index is 0.461. The molecule has 2 aromatic rings. The number of hydrogen-bond acceptors (Lipinski definition) is 3. The third-order valence-electron chi connectivity index (χ3n) is 3.40. The fraction of sp³-hybridized carbons (Fsp3) is 0.389. The molecule has 1 aromatic heterocycles. The summed E-state index contributed by atoms with van der Waals surface area (Å²) in [5.41, 5.74) is 4.65. The van der Waals surface area contributed by atoms with Gasteiger partial charge in [0.05, 0.1) is 0 Å². The lowest BCUT2D eigenvalue weighted by Crippen LogP contribution is -2.21. The summed E-state index contributed by atoms with van der Waals surface area (Å²) in [6, 6.07) is 10.6. The minimum absolute atomic E-state index is 0.461. The molecule has 1 heterocycles. The Labute approximate surface area is 127 Å². The lowest BCUT2D eigenvalue weighted by molar-refractivity contribution is 0.459. The van der Waals surface area contributed by atoms with Crippen LogP contribution in [0.5, 0.6) is 11.6 Å². The van der Waals surface area contributed by atoms with Crippen molar-refractivity contribution in [3.63, 3.8) is 0 Å². The van der Waals surface area contributed by atoms with E-state index in [1.165, 1.54) is 16.7 Å². The van der Waals surface area contributed by atoms with Crippen LogP contribution in [0.1, 0.15) is 36.2 Å². The van der Waals surface area contributed by atoms with Crippen LogP contribution in [0.3, 0.4) is 0 Å². The quantitative estimate of drug-likeness (QED) is 0.889. The first kappa shape index (κ1) is 15.5. The minimum Gasteiger partial charge on any atom is -0.439 e. The van der Waals surface area contributed by atoms with Crippen molar-refractivity contribution in [3.8, 4) is 11.6 Å². The number of rotatable bonds is 5. The molecule has 0 unspecified atom stereocenters. The number of nitrogens with zero attached hydrogens (tertiary/aromatic N) is 1. The number of pyridine rings is 1. The Balaban J connectivity index is 2.17. The van der Waals surface area contributed by atoms with Gasteiger partial charge in [-0.3, -0.25) is 0 Å². The summed E-state index contributed by atoms with van der Waals surface area (Å²) in [4.78, 5) is 4.46. The Morgan fingerprint density at radius 1 is 1.05 bits per heavy atom. The smallest absolute Gasteiger partial charge is 0.219 e. The molecule has 1 N–H and O–H groups in total. The van der Waals surface area contributed by atoms with Gasteiger partial charge in [0, 0.05) is 24.3 Å². The van der Waals surface area contributed by atoms with E-state index in [2.05, 4.69) is 50.1 Å². The van der Waals surface area contributed by atoms with Gasteiger partial charge >= 0.3 is 0 Å². The highest BCUT2D eigenvalue weighted by molar-refractivity contribution is 5.36. The summed E-state index contributed by atoms with van der Waals surface area (Å²) in [5, 5.41) is 3.41. The Morgan fingerprint density at radius 3 is 2.48 bits per heavy atom. The molecule has 0 aliphatic heterocycles. The molecule has 0 saturated carbocycles. The fourth-order valence-corrected chi connectivity index (χ4v) is 2.08. The SMILES string of the molecule is Cc1cc(CNC(C)C)cc(Oc2ccc(C)c(C)c2)n1. The van der Waals surface area contributed by atoms with Crippen LogP contribution in [0.2, 0.25) is 0 Å². The van der Waals surface area contributed by atoms with Crippen LogP contribution in [-0.2, 0) is 6.54 Å².